The molecule has 0 aliphatic heterocycles. The molecule has 20 heavy (non-hydrogen) atoms. The van der Waals surface area contributed by atoms with E-state index in [0.717, 1.165) is 5.56 Å². The van der Waals surface area contributed by atoms with Crippen molar-refractivity contribution in [2.24, 2.45) is 5.73 Å². The second-order valence-corrected chi connectivity index (χ2v) is 6.13. The summed E-state index contributed by atoms with van der Waals surface area (Å²) < 4.78 is 26.6. The van der Waals surface area contributed by atoms with E-state index in [1.807, 2.05) is 0 Å². The fraction of sp³-hybridized carbons (Fsp3) is 0.0833. The lowest BCUT2D eigenvalue weighted by molar-refractivity contribution is 0.581. The van der Waals surface area contributed by atoms with Gasteiger partial charge in [0.25, 0.3) is 0 Å². The fourth-order valence-electron chi connectivity index (χ4n) is 1.45. The van der Waals surface area contributed by atoms with Gasteiger partial charge in [-0.05, 0) is 29.8 Å². The summed E-state index contributed by atoms with van der Waals surface area (Å²) in [6.07, 6.45) is 4.42. The first kappa shape index (κ1) is 14.5. The minimum atomic E-state index is -3.62. The summed E-state index contributed by atoms with van der Waals surface area (Å²) in [6.45, 7) is 0.182. The second-order valence-electron chi connectivity index (χ2n) is 3.92. The van der Waals surface area contributed by atoms with Crippen molar-refractivity contribution in [3.05, 3.63) is 54.1 Å². The maximum atomic E-state index is 12.1. The van der Waals surface area contributed by atoms with E-state index < -0.39 is 10.0 Å². The van der Waals surface area contributed by atoms with Crippen molar-refractivity contribution in [2.75, 3.05) is 0 Å². The molecule has 2 heterocycles. The van der Waals surface area contributed by atoms with E-state index in [4.69, 9.17) is 18.0 Å². The fourth-order valence-corrected chi connectivity index (χ4v) is 2.53. The first-order valence-corrected chi connectivity index (χ1v) is 7.52. The molecule has 0 aliphatic carbocycles. The smallest absolute Gasteiger partial charge is 0.242 e. The summed E-state index contributed by atoms with van der Waals surface area (Å²) >= 11 is 4.76. The molecular formula is C12H12N4O2S2. The van der Waals surface area contributed by atoms with Crippen molar-refractivity contribution >= 4 is 27.2 Å². The second kappa shape index (κ2) is 6.04. The number of nitrogens with two attached hydrogens (primary N) is 1. The first-order chi connectivity index (χ1) is 9.49. The molecule has 0 fully saturated rings. The van der Waals surface area contributed by atoms with Crippen LogP contribution in [0, 0.1) is 0 Å². The molecule has 0 saturated carbocycles. The zero-order valence-electron chi connectivity index (χ0n) is 10.4. The van der Waals surface area contributed by atoms with E-state index in [1.54, 1.807) is 24.5 Å². The third kappa shape index (κ3) is 3.56. The number of nitrogens with one attached hydrogen (secondary N) is 1. The molecule has 0 unspecified atom stereocenters. The van der Waals surface area contributed by atoms with Crippen LogP contribution in [0.5, 0.6) is 0 Å². The molecular weight excluding hydrogens is 296 g/mol. The Hall–Kier alpha value is -1.90. The summed E-state index contributed by atoms with van der Waals surface area (Å²) in [5.41, 5.74) is 6.60. The van der Waals surface area contributed by atoms with E-state index >= 15 is 0 Å². The number of hydrogen-bond donors (Lipinski definition) is 2. The van der Waals surface area contributed by atoms with Crippen LogP contribution in [0.25, 0.3) is 0 Å². The Morgan fingerprint density at radius 3 is 2.50 bits per heavy atom. The number of sulfonamides is 1. The van der Waals surface area contributed by atoms with Gasteiger partial charge < -0.3 is 5.73 Å². The van der Waals surface area contributed by atoms with Crippen molar-refractivity contribution in [3.63, 3.8) is 0 Å². The largest absolute Gasteiger partial charge is 0.388 e. The highest BCUT2D eigenvalue weighted by atomic mass is 32.2. The van der Waals surface area contributed by atoms with E-state index in [-0.39, 0.29) is 16.4 Å². The van der Waals surface area contributed by atoms with Gasteiger partial charge in [-0.25, -0.2) is 13.1 Å². The lowest BCUT2D eigenvalue weighted by Gasteiger charge is -2.07. The molecule has 0 bridgehead atoms. The normalized spacial score (nSPS) is 11.2. The van der Waals surface area contributed by atoms with Crippen LogP contribution in [-0.4, -0.2) is 23.4 Å². The molecule has 2 rings (SSSR count). The summed E-state index contributed by atoms with van der Waals surface area (Å²) in [5.74, 6) is 0. The molecule has 0 spiro atoms. The highest BCUT2D eigenvalue weighted by molar-refractivity contribution is 7.89. The minimum Gasteiger partial charge on any atom is -0.388 e. The highest BCUT2D eigenvalue weighted by Gasteiger charge is 2.14. The molecule has 104 valence electrons. The maximum Gasteiger partial charge on any atom is 0.242 e. The standard InChI is InChI=1S/C12H12N4O2S2/c13-12(19)11-2-1-10(8-15-11)20(17,18)16-7-9-3-5-14-6-4-9/h1-6,8,16H,7H2,(H2,13,19). The van der Waals surface area contributed by atoms with Gasteiger partial charge in [0.2, 0.25) is 10.0 Å². The van der Waals surface area contributed by atoms with Gasteiger partial charge in [0.05, 0.1) is 5.69 Å². The van der Waals surface area contributed by atoms with Crippen LogP contribution < -0.4 is 10.5 Å². The molecule has 0 aromatic carbocycles. The van der Waals surface area contributed by atoms with E-state index in [1.165, 1.54) is 18.3 Å². The van der Waals surface area contributed by atoms with E-state index in [2.05, 4.69) is 14.7 Å². The number of hydrogen-bond acceptors (Lipinski definition) is 5. The van der Waals surface area contributed by atoms with Gasteiger partial charge in [-0.1, -0.05) is 12.2 Å². The molecule has 0 amide bonds. The number of nitrogens with zero attached hydrogens (tertiary/aromatic N) is 2. The SMILES string of the molecule is NC(=S)c1ccc(S(=O)(=O)NCc2ccncc2)cn1. The van der Waals surface area contributed by atoms with Crippen LogP contribution in [0.1, 0.15) is 11.3 Å². The zero-order chi connectivity index (χ0) is 14.6. The molecule has 0 aliphatic rings. The Morgan fingerprint density at radius 2 is 1.95 bits per heavy atom. The number of thiocarbonyl (C=S) groups is 1. The lowest BCUT2D eigenvalue weighted by Crippen LogP contribution is -2.23. The van der Waals surface area contributed by atoms with Crippen molar-refractivity contribution in [1.82, 2.24) is 14.7 Å². The first-order valence-electron chi connectivity index (χ1n) is 5.63. The molecule has 2 aromatic rings. The lowest BCUT2D eigenvalue weighted by atomic mass is 10.3. The molecule has 6 nitrogen and oxygen atoms in total. The Kier molecular flexibility index (Phi) is 4.38. The summed E-state index contributed by atoms with van der Waals surface area (Å²) in [6, 6.07) is 6.35. The predicted octanol–water partition coefficient (Wildman–Crippen LogP) is 0.589. The van der Waals surface area contributed by atoms with Gasteiger partial charge in [-0.3, -0.25) is 9.97 Å². The van der Waals surface area contributed by atoms with Crippen LogP contribution in [0.15, 0.2) is 47.8 Å². The molecule has 0 radical (unpaired) electrons. The van der Waals surface area contributed by atoms with Gasteiger partial charge in [-0.2, -0.15) is 0 Å². The Balaban J connectivity index is 2.12. The van der Waals surface area contributed by atoms with Crippen LogP contribution in [0.4, 0.5) is 0 Å². The van der Waals surface area contributed by atoms with Gasteiger partial charge >= 0.3 is 0 Å². The predicted molar refractivity (Wildman–Crippen MR) is 78.4 cm³/mol. The van der Waals surface area contributed by atoms with Gasteiger partial charge in [0, 0.05) is 25.1 Å². The Bertz CT molecular complexity index is 700. The average molecular weight is 308 g/mol. The van der Waals surface area contributed by atoms with Crippen molar-refractivity contribution in [2.45, 2.75) is 11.4 Å². The summed E-state index contributed by atoms with van der Waals surface area (Å²) in [7, 11) is -3.62. The van der Waals surface area contributed by atoms with Crippen molar-refractivity contribution < 1.29 is 8.42 Å². The number of aromatic nitrogens is 2. The maximum absolute atomic E-state index is 12.1. The molecule has 0 saturated heterocycles. The van der Waals surface area contributed by atoms with Gasteiger partial charge in [0.1, 0.15) is 9.88 Å². The summed E-state index contributed by atoms with van der Waals surface area (Å²) in [4.78, 5) is 7.95. The van der Waals surface area contributed by atoms with Crippen LogP contribution in [0.2, 0.25) is 0 Å². The van der Waals surface area contributed by atoms with Crippen LogP contribution >= 0.6 is 12.2 Å². The van der Waals surface area contributed by atoms with E-state index in [9.17, 15) is 8.42 Å². The molecule has 0 atom stereocenters. The molecule has 8 heteroatoms. The summed E-state index contributed by atoms with van der Waals surface area (Å²) in [5, 5.41) is 0. The van der Waals surface area contributed by atoms with Gasteiger partial charge in [-0.15, -0.1) is 0 Å². The topological polar surface area (TPSA) is 98.0 Å². The van der Waals surface area contributed by atoms with Crippen molar-refractivity contribution in [1.29, 1.82) is 0 Å². The molecule has 2 aromatic heterocycles. The number of rotatable bonds is 5. The van der Waals surface area contributed by atoms with Gasteiger partial charge in [0.15, 0.2) is 0 Å². The van der Waals surface area contributed by atoms with Crippen LogP contribution in [-0.2, 0) is 16.6 Å². The van der Waals surface area contributed by atoms with Crippen LogP contribution in [0.3, 0.4) is 0 Å². The third-order valence-corrected chi connectivity index (χ3v) is 4.11. The quantitative estimate of drug-likeness (QED) is 0.785. The average Bonchev–Trinajstić information content (AvgIpc) is 2.46. The number of pyridine rings is 2. The monoisotopic (exact) mass is 308 g/mol. The third-order valence-electron chi connectivity index (χ3n) is 2.51. The van der Waals surface area contributed by atoms with Crippen molar-refractivity contribution in [3.8, 4) is 0 Å². The van der Waals surface area contributed by atoms with E-state index in [0.29, 0.717) is 5.69 Å². The minimum absolute atomic E-state index is 0.0616. The molecule has 3 N–H and O–H groups in total. The highest BCUT2D eigenvalue weighted by Crippen LogP contribution is 2.09. The zero-order valence-corrected chi connectivity index (χ0v) is 12.0. The Morgan fingerprint density at radius 1 is 1.25 bits per heavy atom. The Labute approximate surface area is 122 Å².